The molecule has 0 fully saturated rings. The molecule has 0 bridgehead atoms. The predicted octanol–water partition coefficient (Wildman–Crippen LogP) is 3.76. The second-order valence-electron chi connectivity index (χ2n) is 8.80. The maximum absolute atomic E-state index is 13.5. The summed E-state index contributed by atoms with van der Waals surface area (Å²) in [5, 5.41) is 18.6. The molecule has 3 aromatic rings. The molecule has 0 radical (unpaired) electrons. The van der Waals surface area contributed by atoms with Gasteiger partial charge in [0.05, 0.1) is 43.6 Å². The lowest BCUT2D eigenvalue weighted by Gasteiger charge is -2.34. The van der Waals surface area contributed by atoms with Gasteiger partial charge in [0.1, 0.15) is 17.5 Å². The highest BCUT2D eigenvalue weighted by molar-refractivity contribution is 6.15. The van der Waals surface area contributed by atoms with Crippen LogP contribution in [0.25, 0.3) is 0 Å². The Labute approximate surface area is 216 Å². The van der Waals surface area contributed by atoms with Crippen molar-refractivity contribution >= 4 is 23.2 Å². The van der Waals surface area contributed by atoms with Crippen molar-refractivity contribution in [3.05, 3.63) is 71.0 Å². The third kappa shape index (κ3) is 5.78. The minimum atomic E-state index is -4.26. The van der Waals surface area contributed by atoms with Gasteiger partial charge >= 0.3 is 6.18 Å². The monoisotopic (exact) mass is 526 g/mol. The van der Waals surface area contributed by atoms with Gasteiger partial charge in [-0.15, -0.1) is 0 Å². The van der Waals surface area contributed by atoms with Crippen molar-refractivity contribution in [3.63, 3.8) is 0 Å². The molecule has 0 unspecified atom stereocenters. The predicted molar refractivity (Wildman–Crippen MR) is 133 cm³/mol. The van der Waals surface area contributed by atoms with Crippen LogP contribution in [-0.4, -0.2) is 54.0 Å². The molecule has 9 nitrogen and oxygen atoms in total. The van der Waals surface area contributed by atoms with Crippen molar-refractivity contribution in [2.45, 2.75) is 32.1 Å². The van der Waals surface area contributed by atoms with Crippen LogP contribution in [0.3, 0.4) is 0 Å². The number of hydrogen-bond donors (Lipinski definition) is 2. The number of benzene rings is 2. The molecule has 1 aliphatic heterocycles. The summed E-state index contributed by atoms with van der Waals surface area (Å²) < 4.78 is 43.5. The number of methoxy groups -OCH3 is 1. The Morgan fingerprint density at radius 2 is 1.97 bits per heavy atom. The molecule has 0 saturated heterocycles. The van der Waals surface area contributed by atoms with Gasteiger partial charge in [-0.3, -0.25) is 14.3 Å². The Bertz CT molecular complexity index is 1380. The number of aromatic nitrogens is 2. The van der Waals surface area contributed by atoms with Crippen LogP contribution < -0.4 is 20.3 Å². The fraction of sp³-hybridized carbons (Fsp3) is 0.308. The number of halogens is 3. The molecule has 0 aliphatic carbocycles. The zero-order valence-corrected chi connectivity index (χ0v) is 20.7. The van der Waals surface area contributed by atoms with Crippen LogP contribution in [-0.2, 0) is 13.0 Å². The number of nitrogens with zero attached hydrogens (tertiary/aromatic N) is 4. The van der Waals surface area contributed by atoms with Crippen molar-refractivity contribution in [3.8, 4) is 11.8 Å². The fourth-order valence-electron chi connectivity index (χ4n) is 4.29. The summed E-state index contributed by atoms with van der Waals surface area (Å²) in [6, 6.07) is 13.4. The van der Waals surface area contributed by atoms with Crippen molar-refractivity contribution in [1.82, 2.24) is 15.1 Å². The van der Waals surface area contributed by atoms with Crippen LogP contribution >= 0.6 is 0 Å². The Hall–Kier alpha value is -4.37. The van der Waals surface area contributed by atoms with Crippen molar-refractivity contribution in [2.24, 2.45) is 0 Å². The van der Waals surface area contributed by atoms with Crippen LogP contribution in [0.2, 0.25) is 0 Å². The number of rotatable bonds is 8. The van der Waals surface area contributed by atoms with E-state index in [4.69, 9.17) is 4.74 Å². The zero-order valence-electron chi connectivity index (χ0n) is 20.7. The van der Waals surface area contributed by atoms with Gasteiger partial charge in [-0.25, -0.2) is 0 Å². The Morgan fingerprint density at radius 3 is 2.63 bits per heavy atom. The van der Waals surface area contributed by atoms with Gasteiger partial charge in [0, 0.05) is 11.4 Å². The molecule has 12 heteroatoms. The average Bonchev–Trinajstić information content (AvgIpc) is 3.31. The van der Waals surface area contributed by atoms with Crippen LogP contribution in [0.1, 0.15) is 38.9 Å². The number of carbonyl (C=O) groups is 2. The second-order valence-corrected chi connectivity index (χ2v) is 8.80. The number of ether oxygens (including phenoxy) is 1. The largest absolute Gasteiger partial charge is 0.495 e. The van der Waals surface area contributed by atoms with Gasteiger partial charge < -0.3 is 20.3 Å². The number of hydrogen-bond acceptors (Lipinski definition) is 6. The zero-order chi connectivity index (χ0) is 27.4. The van der Waals surface area contributed by atoms with E-state index in [9.17, 15) is 28.0 Å². The standard InChI is InChI=1S/C26H25F3N6O3/c1-16-14-34-23(21(13-32-34)24(36)33-19-5-8-22(38-2)18(11-19)12-30)25(37)35(16)20-6-3-17(4-7-20)9-10-31-15-26(27,28)29/h3-8,11,13,16,31H,9-10,14-15H2,1-2H3,(H,33,36)/t16-/m0/s1. The molecular formula is C26H25F3N6O3. The molecule has 198 valence electrons. The summed E-state index contributed by atoms with van der Waals surface area (Å²) in [7, 11) is 1.44. The van der Waals surface area contributed by atoms with Gasteiger partial charge in [-0.2, -0.15) is 23.5 Å². The maximum Gasteiger partial charge on any atom is 0.401 e. The quantitative estimate of drug-likeness (QED) is 0.433. The maximum atomic E-state index is 13.5. The third-order valence-electron chi connectivity index (χ3n) is 6.09. The Balaban J connectivity index is 1.49. The van der Waals surface area contributed by atoms with E-state index in [-0.39, 0.29) is 29.4 Å². The van der Waals surface area contributed by atoms with Gasteiger partial charge in [0.15, 0.2) is 0 Å². The van der Waals surface area contributed by atoms with Crippen molar-refractivity contribution in [2.75, 3.05) is 30.4 Å². The van der Waals surface area contributed by atoms with E-state index in [2.05, 4.69) is 15.7 Å². The number of anilines is 2. The molecule has 1 atom stereocenters. The molecule has 2 N–H and O–H groups in total. The number of carbonyl (C=O) groups excluding carboxylic acids is 2. The molecular weight excluding hydrogens is 501 g/mol. The van der Waals surface area contributed by atoms with Gasteiger partial charge in [-0.1, -0.05) is 12.1 Å². The molecule has 0 spiro atoms. The first-order valence-electron chi connectivity index (χ1n) is 11.8. The highest BCUT2D eigenvalue weighted by Gasteiger charge is 2.36. The highest BCUT2D eigenvalue weighted by atomic mass is 19.4. The van der Waals surface area contributed by atoms with E-state index in [0.717, 1.165) is 5.56 Å². The Morgan fingerprint density at radius 1 is 1.24 bits per heavy atom. The molecule has 0 saturated carbocycles. The lowest BCUT2D eigenvalue weighted by molar-refractivity contribution is -0.124. The number of nitriles is 1. The van der Waals surface area contributed by atoms with Gasteiger partial charge in [-0.05, 0) is 55.8 Å². The van der Waals surface area contributed by atoms with E-state index in [0.29, 0.717) is 30.1 Å². The minimum absolute atomic E-state index is 0.0913. The summed E-state index contributed by atoms with van der Waals surface area (Å²) in [6.45, 7) is 1.34. The van der Waals surface area contributed by atoms with Gasteiger partial charge in [0.2, 0.25) is 0 Å². The molecule has 38 heavy (non-hydrogen) atoms. The molecule has 1 aliphatic rings. The van der Waals surface area contributed by atoms with Crippen LogP contribution in [0.15, 0.2) is 48.7 Å². The first-order chi connectivity index (χ1) is 18.1. The van der Waals surface area contributed by atoms with Gasteiger partial charge in [0.25, 0.3) is 11.8 Å². The molecule has 2 heterocycles. The first-order valence-corrected chi connectivity index (χ1v) is 11.8. The van der Waals surface area contributed by atoms with Crippen LogP contribution in [0, 0.1) is 11.3 Å². The van der Waals surface area contributed by atoms with E-state index in [1.54, 1.807) is 41.3 Å². The smallest absolute Gasteiger partial charge is 0.401 e. The summed E-state index contributed by atoms with van der Waals surface area (Å²) in [6.07, 6.45) is -2.52. The number of nitrogens with one attached hydrogen (secondary N) is 2. The summed E-state index contributed by atoms with van der Waals surface area (Å²) in [5.41, 5.74) is 2.26. The highest BCUT2D eigenvalue weighted by Crippen LogP contribution is 2.28. The van der Waals surface area contributed by atoms with E-state index < -0.39 is 24.5 Å². The fourth-order valence-corrected chi connectivity index (χ4v) is 4.29. The normalized spacial score (nSPS) is 15.1. The topological polar surface area (TPSA) is 112 Å². The first kappa shape index (κ1) is 26.7. The molecule has 4 rings (SSSR count). The minimum Gasteiger partial charge on any atom is -0.495 e. The molecule has 2 aromatic carbocycles. The average molecular weight is 527 g/mol. The van der Waals surface area contributed by atoms with Crippen molar-refractivity contribution in [1.29, 1.82) is 5.26 Å². The van der Waals surface area contributed by atoms with E-state index in [1.165, 1.54) is 24.1 Å². The summed E-state index contributed by atoms with van der Waals surface area (Å²) >= 11 is 0. The number of fused-ring (bicyclic) bond motifs is 1. The van der Waals surface area contributed by atoms with E-state index >= 15 is 0 Å². The van der Waals surface area contributed by atoms with Crippen LogP contribution in [0.5, 0.6) is 5.75 Å². The van der Waals surface area contributed by atoms with Crippen molar-refractivity contribution < 1.29 is 27.5 Å². The second kappa shape index (κ2) is 10.9. The molecule has 1 aromatic heterocycles. The Kier molecular flexibility index (Phi) is 7.68. The summed E-state index contributed by atoms with van der Waals surface area (Å²) in [5.74, 6) is -0.583. The lowest BCUT2D eigenvalue weighted by Crippen LogP contribution is -2.47. The lowest BCUT2D eigenvalue weighted by atomic mass is 10.1. The molecule has 2 amide bonds. The number of alkyl halides is 3. The third-order valence-corrected chi connectivity index (χ3v) is 6.09. The van der Waals surface area contributed by atoms with E-state index in [1.807, 2.05) is 13.0 Å². The number of amides is 2. The SMILES string of the molecule is COc1ccc(NC(=O)c2cnn3c2C(=O)N(c2ccc(CCNCC(F)(F)F)cc2)[C@@H](C)C3)cc1C#N. The summed E-state index contributed by atoms with van der Waals surface area (Å²) in [4.78, 5) is 28.2. The van der Waals surface area contributed by atoms with Crippen LogP contribution in [0.4, 0.5) is 24.5 Å².